The van der Waals surface area contributed by atoms with E-state index in [2.05, 4.69) is 162 Å². The zero-order chi connectivity index (χ0) is 72.5. The van der Waals surface area contributed by atoms with Crippen LogP contribution in [0.15, 0.2) is 97.1 Å². The Hall–Kier alpha value is -6.37. The van der Waals surface area contributed by atoms with Gasteiger partial charge in [0.25, 0.3) is 0 Å². The predicted octanol–water partition coefficient (Wildman–Crippen LogP) is 16.9. The molecule has 528 valence electrons. The smallest absolute Gasteiger partial charge is 0.336 e. The standard InChI is InChI=1S/C76H112O16Si4/c1-49(41-89-93(21,22)73(5,6)7)69(77)85-45-53-29-57-37-59-31-54(46-86-70(78)50(2)42-90-94(23,24)74(8,9)10)33-61(66(59)82-18)39-63-35-56(48-88-72(80)52(4)44-92-96(27,28)76(14,15)16)36-64(68(63)84-20)40-62-34-55(32-60(67(62)83-19)38-58(30-53)65(57)81-17)47-87-71(79)51(3)43-91-95(25,26)75(11,12)13/h29-36H,1-4,37-48H2,5-28H3. The highest BCUT2D eigenvalue weighted by molar-refractivity contribution is 6.75. The molecule has 4 aromatic rings. The maximum atomic E-state index is 13.9. The van der Waals surface area contributed by atoms with Crippen LogP contribution in [0.3, 0.4) is 0 Å². The van der Waals surface area contributed by atoms with E-state index in [0.29, 0.717) is 89.8 Å². The van der Waals surface area contributed by atoms with Gasteiger partial charge in [-0.2, -0.15) is 0 Å². The number of benzene rings is 4. The molecular formula is C76H112O16Si4. The number of carbonyl (C=O) groups is 4. The molecule has 1 aliphatic rings. The van der Waals surface area contributed by atoms with Crippen molar-refractivity contribution in [3.05, 3.63) is 164 Å². The van der Waals surface area contributed by atoms with E-state index in [1.165, 1.54) is 0 Å². The molecule has 96 heavy (non-hydrogen) atoms. The molecule has 0 saturated heterocycles. The summed E-state index contributed by atoms with van der Waals surface area (Å²) in [5.41, 5.74) is 9.10. The molecule has 0 aromatic heterocycles. The average Bonchev–Trinajstić information content (AvgIpc) is 0.778. The molecule has 0 fully saturated rings. The lowest BCUT2D eigenvalue weighted by molar-refractivity contribution is -0.141. The second-order valence-corrected chi connectivity index (χ2v) is 50.6. The summed E-state index contributed by atoms with van der Waals surface area (Å²) < 4.78 is 75.5. The Labute approximate surface area is 578 Å². The van der Waals surface area contributed by atoms with Gasteiger partial charge in [-0.1, -0.05) is 109 Å². The van der Waals surface area contributed by atoms with Gasteiger partial charge in [0.1, 0.15) is 49.4 Å². The maximum absolute atomic E-state index is 13.9. The first-order chi connectivity index (χ1) is 44.2. The summed E-state index contributed by atoms with van der Waals surface area (Å²) >= 11 is 0. The SMILES string of the molecule is C=C(CO[Si](C)(C)C(C)(C)C)C(=O)OCc1cc2c(OC)c(c1)Cc1cc(COC(=O)C(=C)CO[Si](C)(C)C(C)(C)C)cc(c1OC)Cc1cc(COC(=O)C(=C)CO[Si](C)(C)C(C)(C)C)cc(c1OC)Cc1cc(COC(=O)C(=C)CO[Si](C)(C)C(C)(C)C)cc(c1OC)C2. The molecule has 0 N–H and O–H groups in total. The number of hydrogen-bond donors (Lipinski definition) is 0. The quantitative estimate of drug-likeness (QED) is 0.0200. The topological polar surface area (TPSA) is 179 Å². The van der Waals surface area contributed by atoms with Gasteiger partial charge in [0.2, 0.25) is 0 Å². The Balaban J connectivity index is 1.76. The van der Waals surface area contributed by atoms with Gasteiger partial charge < -0.3 is 55.6 Å². The lowest BCUT2D eigenvalue weighted by atomic mass is 9.88. The van der Waals surface area contributed by atoms with Crippen LogP contribution >= 0.6 is 0 Å². The number of rotatable bonds is 28. The number of ether oxygens (including phenoxy) is 8. The molecule has 20 heteroatoms. The normalized spacial score (nSPS) is 13.2. The van der Waals surface area contributed by atoms with E-state index in [9.17, 15) is 19.2 Å². The van der Waals surface area contributed by atoms with Gasteiger partial charge in [-0.05, 0) is 188 Å². The third-order valence-corrected chi connectivity index (χ3v) is 37.8. The number of carbonyl (C=O) groups excluding carboxylic acids is 4. The van der Waals surface area contributed by atoms with Crippen molar-refractivity contribution >= 4 is 57.1 Å². The van der Waals surface area contributed by atoms with E-state index >= 15 is 0 Å². The predicted molar refractivity (Wildman–Crippen MR) is 392 cm³/mol. The van der Waals surface area contributed by atoms with Crippen molar-refractivity contribution in [1.82, 2.24) is 0 Å². The van der Waals surface area contributed by atoms with Crippen molar-refractivity contribution in [2.75, 3.05) is 54.9 Å². The van der Waals surface area contributed by atoms with Crippen molar-refractivity contribution in [2.24, 2.45) is 0 Å². The molecule has 0 amide bonds. The molecule has 4 aromatic carbocycles. The minimum atomic E-state index is -2.24. The minimum Gasteiger partial charge on any atom is -0.496 e. The van der Waals surface area contributed by atoms with Crippen molar-refractivity contribution in [3.63, 3.8) is 0 Å². The summed E-state index contributed by atoms with van der Waals surface area (Å²) in [6.45, 7) is 58.4. The second-order valence-electron chi connectivity index (χ2n) is 31.4. The van der Waals surface area contributed by atoms with Crippen LogP contribution < -0.4 is 18.9 Å². The Morgan fingerprint density at radius 2 is 0.458 bits per heavy atom. The first-order valence-electron chi connectivity index (χ1n) is 32.9. The summed E-state index contributed by atoms with van der Waals surface area (Å²) in [7, 11) is -2.52. The van der Waals surface area contributed by atoms with Crippen LogP contribution in [0.4, 0.5) is 0 Å². The van der Waals surface area contributed by atoms with Crippen molar-refractivity contribution in [3.8, 4) is 23.0 Å². The molecule has 1 aliphatic carbocycles. The van der Waals surface area contributed by atoms with Gasteiger partial charge in [-0.25, -0.2) is 19.2 Å². The fourth-order valence-electron chi connectivity index (χ4n) is 9.74. The molecule has 0 aliphatic heterocycles. The Kier molecular flexibility index (Phi) is 26.8. The maximum Gasteiger partial charge on any atom is 0.336 e. The third-order valence-electron chi connectivity index (χ3n) is 19.8. The highest BCUT2D eigenvalue weighted by atomic mass is 28.4. The number of methoxy groups -OCH3 is 4. The number of esters is 4. The van der Waals surface area contributed by atoms with Crippen LogP contribution in [-0.4, -0.2) is 112 Å². The molecule has 0 radical (unpaired) electrons. The molecular weight excluding hydrogens is 1280 g/mol. The van der Waals surface area contributed by atoms with Crippen LogP contribution in [-0.2, 0) is 108 Å². The van der Waals surface area contributed by atoms with Crippen LogP contribution in [0.1, 0.15) is 150 Å². The summed E-state index contributed by atoms with van der Waals surface area (Å²) in [5, 5.41) is -0.366. The summed E-state index contributed by atoms with van der Waals surface area (Å²) in [6.07, 6.45) is 0.829. The minimum absolute atomic E-state index is 0.0294. The van der Waals surface area contributed by atoms with E-state index in [0.717, 1.165) is 0 Å². The molecule has 0 spiro atoms. The van der Waals surface area contributed by atoms with Crippen LogP contribution in [0.2, 0.25) is 72.5 Å². The fraction of sp³-hybridized carbons (Fsp3) is 0.526. The number of fused-ring (bicyclic) bond motifs is 8. The Morgan fingerprint density at radius 3 is 0.583 bits per heavy atom. The van der Waals surface area contributed by atoms with E-state index in [-0.39, 0.29) is 121 Å². The molecule has 8 bridgehead atoms. The van der Waals surface area contributed by atoms with E-state index in [4.69, 9.17) is 55.6 Å². The molecule has 0 atom stereocenters. The van der Waals surface area contributed by atoms with Crippen molar-refractivity contribution < 1.29 is 74.8 Å². The molecule has 5 rings (SSSR count). The molecule has 16 nitrogen and oxygen atoms in total. The lowest BCUT2D eigenvalue weighted by Gasteiger charge is -2.36. The second kappa shape index (κ2) is 32.1. The van der Waals surface area contributed by atoms with Crippen LogP contribution in [0.5, 0.6) is 23.0 Å². The van der Waals surface area contributed by atoms with Gasteiger partial charge >= 0.3 is 23.9 Å². The zero-order valence-corrected chi connectivity index (χ0v) is 66.5. The van der Waals surface area contributed by atoms with E-state index in [1.54, 1.807) is 28.4 Å². The van der Waals surface area contributed by atoms with Crippen LogP contribution in [0, 0.1) is 0 Å². The zero-order valence-electron chi connectivity index (χ0n) is 62.5. The van der Waals surface area contributed by atoms with Gasteiger partial charge in [0, 0.05) is 25.7 Å². The van der Waals surface area contributed by atoms with Gasteiger partial charge in [-0.3, -0.25) is 0 Å². The van der Waals surface area contributed by atoms with Crippen LogP contribution in [0.25, 0.3) is 0 Å². The largest absolute Gasteiger partial charge is 0.496 e. The summed E-state index contributed by atoms with van der Waals surface area (Å²) in [6, 6.07) is 15.6. The van der Waals surface area contributed by atoms with Gasteiger partial charge in [-0.15, -0.1) is 0 Å². The first kappa shape index (κ1) is 80.3. The Bertz CT molecular complexity index is 2990. The summed E-state index contributed by atoms with van der Waals surface area (Å²) in [4.78, 5) is 55.4. The number of hydrogen-bond acceptors (Lipinski definition) is 16. The van der Waals surface area contributed by atoms with Gasteiger partial charge in [0.05, 0.1) is 77.2 Å². The van der Waals surface area contributed by atoms with E-state index in [1.807, 2.05) is 48.5 Å². The first-order valence-corrected chi connectivity index (χ1v) is 44.5. The molecule has 0 saturated carbocycles. The van der Waals surface area contributed by atoms with Gasteiger partial charge in [0.15, 0.2) is 33.3 Å². The highest BCUT2D eigenvalue weighted by Crippen LogP contribution is 2.44. The average molecular weight is 1390 g/mol. The monoisotopic (exact) mass is 1390 g/mol. The van der Waals surface area contributed by atoms with E-state index < -0.39 is 57.1 Å². The third kappa shape index (κ3) is 20.8. The molecule has 0 heterocycles. The Morgan fingerprint density at radius 1 is 0.312 bits per heavy atom. The van der Waals surface area contributed by atoms with Crippen molar-refractivity contribution in [2.45, 2.75) is 208 Å². The molecule has 0 unspecified atom stereocenters. The van der Waals surface area contributed by atoms with Crippen molar-refractivity contribution in [1.29, 1.82) is 0 Å². The highest BCUT2D eigenvalue weighted by Gasteiger charge is 2.41. The lowest BCUT2D eigenvalue weighted by Crippen LogP contribution is -2.41. The fourth-order valence-corrected chi connectivity index (χ4v) is 13.6. The summed E-state index contributed by atoms with van der Waals surface area (Å²) in [5.74, 6) is -0.199.